The van der Waals surface area contributed by atoms with Crippen LogP contribution in [0.2, 0.25) is 5.02 Å². The van der Waals surface area contributed by atoms with Gasteiger partial charge in [-0.2, -0.15) is 0 Å². The molecule has 2 heterocycles. The van der Waals surface area contributed by atoms with Gasteiger partial charge >= 0.3 is 12.1 Å². The highest BCUT2D eigenvalue weighted by Gasteiger charge is 2.37. The number of ether oxygens (including phenoxy) is 2. The molecular formula is C22H17ClF2N2O5S. The monoisotopic (exact) mass is 494 g/mol. The molecule has 1 unspecified atom stereocenters. The van der Waals surface area contributed by atoms with Crippen molar-refractivity contribution in [2.45, 2.75) is 19.1 Å². The number of aliphatic carboxylic acids is 1. The maximum absolute atomic E-state index is 14.6. The van der Waals surface area contributed by atoms with Gasteiger partial charge in [0.15, 0.2) is 18.2 Å². The Kier molecular flexibility index (Phi) is 6.75. The third-order valence-electron chi connectivity index (χ3n) is 5.10. The predicted octanol–water partition coefficient (Wildman–Crippen LogP) is 4.82. The van der Waals surface area contributed by atoms with Gasteiger partial charge in [0.25, 0.3) is 0 Å². The number of halogens is 3. The van der Waals surface area contributed by atoms with Crippen LogP contribution in [0.5, 0.6) is 5.75 Å². The van der Waals surface area contributed by atoms with Crippen molar-refractivity contribution >= 4 is 35.0 Å². The van der Waals surface area contributed by atoms with Crippen molar-refractivity contribution < 1.29 is 33.0 Å². The van der Waals surface area contributed by atoms with Crippen molar-refractivity contribution in [3.05, 3.63) is 80.3 Å². The smallest absolute Gasteiger partial charge is 0.410 e. The first-order valence-corrected chi connectivity index (χ1v) is 11.0. The minimum Gasteiger partial charge on any atom is -0.482 e. The standard InChI is InChI=1S/C22H17ClF2N2O5S/c23-12-1-4-17(31-11-19(28)29)15(9-12)21-14-2-3-16(24)20(25)13(14)5-7-27(21)22(30)32-10-18-26-6-8-33-18/h1-4,6,8-9,21H,5,7,10-11H2,(H,28,29). The van der Waals surface area contributed by atoms with Crippen molar-refractivity contribution in [3.8, 4) is 5.75 Å². The van der Waals surface area contributed by atoms with Crippen LogP contribution in [0.1, 0.15) is 27.7 Å². The molecule has 1 aromatic heterocycles. The first-order chi connectivity index (χ1) is 15.8. The number of hydrogen-bond donors (Lipinski definition) is 1. The molecule has 1 aliphatic rings. The zero-order valence-corrected chi connectivity index (χ0v) is 18.5. The average molecular weight is 495 g/mol. The maximum atomic E-state index is 14.6. The molecule has 4 rings (SSSR count). The molecule has 7 nitrogen and oxygen atoms in total. The summed E-state index contributed by atoms with van der Waals surface area (Å²) in [5, 5.41) is 11.7. The van der Waals surface area contributed by atoms with Gasteiger partial charge in [-0.25, -0.2) is 23.4 Å². The highest BCUT2D eigenvalue weighted by atomic mass is 35.5. The number of rotatable bonds is 6. The van der Waals surface area contributed by atoms with Crippen LogP contribution in [-0.4, -0.2) is 40.2 Å². The molecule has 2 aromatic carbocycles. The summed E-state index contributed by atoms with van der Waals surface area (Å²) in [5.74, 6) is -3.06. The molecule has 11 heteroatoms. The fourth-order valence-corrected chi connectivity index (χ4v) is 4.42. The Morgan fingerprint density at radius 2 is 2.06 bits per heavy atom. The largest absolute Gasteiger partial charge is 0.482 e. The van der Waals surface area contributed by atoms with E-state index in [2.05, 4.69) is 4.98 Å². The van der Waals surface area contributed by atoms with E-state index in [1.807, 2.05) is 0 Å². The number of amides is 1. The van der Waals surface area contributed by atoms with Crippen LogP contribution in [0.3, 0.4) is 0 Å². The summed E-state index contributed by atoms with van der Waals surface area (Å²) in [5.41, 5.74) is 0.767. The van der Waals surface area contributed by atoms with E-state index >= 15 is 0 Å². The van der Waals surface area contributed by atoms with Crippen molar-refractivity contribution in [2.24, 2.45) is 0 Å². The van der Waals surface area contributed by atoms with E-state index in [-0.39, 0.29) is 30.9 Å². The number of carboxylic acids is 1. The molecule has 172 valence electrons. The van der Waals surface area contributed by atoms with Crippen LogP contribution in [0.25, 0.3) is 0 Å². The highest BCUT2D eigenvalue weighted by Crippen LogP contribution is 2.42. The molecule has 1 atom stereocenters. The summed E-state index contributed by atoms with van der Waals surface area (Å²) in [6.45, 7) is -0.664. The fraction of sp³-hybridized carbons (Fsp3) is 0.227. The van der Waals surface area contributed by atoms with E-state index in [4.69, 9.17) is 26.2 Å². The van der Waals surface area contributed by atoms with Gasteiger partial charge in [-0.3, -0.25) is 4.90 Å². The number of carbonyl (C=O) groups is 2. The molecule has 0 bridgehead atoms. The molecule has 0 radical (unpaired) electrons. The van der Waals surface area contributed by atoms with Gasteiger partial charge in [-0.15, -0.1) is 11.3 Å². The zero-order chi connectivity index (χ0) is 23.5. The second-order valence-electron chi connectivity index (χ2n) is 7.12. The lowest BCUT2D eigenvalue weighted by Gasteiger charge is -2.37. The normalized spacial score (nSPS) is 15.1. The Morgan fingerprint density at radius 1 is 1.24 bits per heavy atom. The molecule has 3 aromatic rings. The predicted molar refractivity (Wildman–Crippen MR) is 115 cm³/mol. The summed E-state index contributed by atoms with van der Waals surface area (Å²) in [6.07, 6.45) is 0.950. The molecule has 0 saturated heterocycles. The van der Waals surface area contributed by atoms with Crippen molar-refractivity contribution in [3.63, 3.8) is 0 Å². The summed E-state index contributed by atoms with van der Waals surface area (Å²) < 4.78 is 39.4. The van der Waals surface area contributed by atoms with Gasteiger partial charge in [0.2, 0.25) is 0 Å². The summed E-state index contributed by atoms with van der Waals surface area (Å²) >= 11 is 7.51. The Balaban J connectivity index is 1.76. The molecule has 33 heavy (non-hydrogen) atoms. The number of hydrogen-bond acceptors (Lipinski definition) is 6. The van der Waals surface area contributed by atoms with Gasteiger partial charge in [-0.1, -0.05) is 17.7 Å². The zero-order valence-electron chi connectivity index (χ0n) is 17.0. The number of carbonyl (C=O) groups excluding carboxylic acids is 1. The van der Waals surface area contributed by atoms with Crippen LogP contribution in [0.15, 0.2) is 41.9 Å². The first-order valence-electron chi connectivity index (χ1n) is 9.77. The van der Waals surface area contributed by atoms with Crippen LogP contribution in [0.4, 0.5) is 13.6 Å². The van der Waals surface area contributed by atoms with E-state index in [0.29, 0.717) is 21.2 Å². The van der Waals surface area contributed by atoms with E-state index in [0.717, 1.165) is 6.07 Å². The first kappa shape index (κ1) is 22.9. The van der Waals surface area contributed by atoms with E-state index in [9.17, 15) is 18.4 Å². The second-order valence-corrected chi connectivity index (χ2v) is 8.54. The third-order valence-corrected chi connectivity index (χ3v) is 6.08. The molecule has 1 N–H and O–H groups in total. The van der Waals surface area contributed by atoms with Gasteiger partial charge < -0.3 is 14.6 Å². The minimum atomic E-state index is -1.20. The summed E-state index contributed by atoms with van der Waals surface area (Å²) in [4.78, 5) is 29.5. The Bertz CT molecular complexity index is 1190. The number of aromatic nitrogens is 1. The second kappa shape index (κ2) is 9.72. The van der Waals surface area contributed by atoms with Gasteiger partial charge in [0, 0.05) is 28.7 Å². The highest BCUT2D eigenvalue weighted by molar-refractivity contribution is 7.09. The van der Waals surface area contributed by atoms with Crippen molar-refractivity contribution in [1.82, 2.24) is 9.88 Å². The lowest BCUT2D eigenvalue weighted by Crippen LogP contribution is -2.41. The van der Waals surface area contributed by atoms with Crippen molar-refractivity contribution in [1.29, 1.82) is 0 Å². The Morgan fingerprint density at radius 3 is 2.79 bits per heavy atom. The minimum absolute atomic E-state index is 0.0274. The van der Waals surface area contributed by atoms with Crippen molar-refractivity contribution in [2.75, 3.05) is 13.2 Å². The number of nitrogens with zero attached hydrogens (tertiary/aromatic N) is 2. The van der Waals surface area contributed by atoms with Crippen LogP contribution in [0, 0.1) is 11.6 Å². The molecule has 0 aliphatic carbocycles. The van der Waals surface area contributed by atoms with Gasteiger partial charge in [-0.05, 0) is 41.8 Å². The third kappa shape index (κ3) is 4.91. The summed E-state index contributed by atoms with van der Waals surface area (Å²) in [7, 11) is 0. The number of carboxylic acid groups (broad SMARTS) is 1. The van der Waals surface area contributed by atoms with Crippen LogP contribution >= 0.6 is 22.9 Å². The average Bonchev–Trinajstić information content (AvgIpc) is 3.32. The molecular weight excluding hydrogens is 478 g/mol. The maximum Gasteiger partial charge on any atom is 0.410 e. The number of benzene rings is 2. The SMILES string of the molecule is O=C(O)COc1ccc(Cl)cc1C1c2ccc(F)c(F)c2CCN1C(=O)OCc1nccs1. The van der Waals surface area contributed by atoms with E-state index in [1.165, 1.54) is 40.5 Å². The molecule has 1 amide bonds. The molecule has 1 aliphatic heterocycles. The topological polar surface area (TPSA) is 89.0 Å². The molecule has 0 saturated carbocycles. The molecule has 0 spiro atoms. The van der Waals surface area contributed by atoms with Gasteiger partial charge in [0.1, 0.15) is 17.4 Å². The fourth-order valence-electron chi connectivity index (χ4n) is 3.71. The molecule has 0 fully saturated rings. The lowest BCUT2D eigenvalue weighted by atomic mass is 9.87. The Hall–Kier alpha value is -3.24. The lowest BCUT2D eigenvalue weighted by molar-refractivity contribution is -0.139. The quantitative estimate of drug-likeness (QED) is 0.528. The number of thiazole rings is 1. The Labute approximate surface area is 196 Å². The number of fused-ring (bicyclic) bond motifs is 1. The van der Waals surface area contributed by atoms with Crippen LogP contribution < -0.4 is 4.74 Å². The van der Waals surface area contributed by atoms with Gasteiger partial charge in [0.05, 0.1) is 6.04 Å². The van der Waals surface area contributed by atoms with E-state index < -0.39 is 36.3 Å². The van der Waals surface area contributed by atoms with E-state index in [1.54, 1.807) is 11.6 Å². The van der Waals surface area contributed by atoms with Crippen LogP contribution in [-0.2, 0) is 22.6 Å². The summed E-state index contributed by atoms with van der Waals surface area (Å²) in [6, 6.07) is 5.89.